The number of ether oxygens (including phenoxy) is 1. The summed E-state index contributed by atoms with van der Waals surface area (Å²) in [5.41, 5.74) is 7.15. The molecule has 19 heavy (non-hydrogen) atoms. The molecule has 2 N–H and O–H groups in total. The molecule has 0 amide bonds. The molecule has 0 bridgehead atoms. The first-order valence-corrected chi connectivity index (χ1v) is 6.27. The van der Waals surface area contributed by atoms with Crippen LogP contribution < -0.4 is 5.73 Å². The molecule has 102 valence electrons. The van der Waals surface area contributed by atoms with E-state index >= 15 is 0 Å². The molecule has 1 aliphatic carbocycles. The third-order valence-electron chi connectivity index (χ3n) is 2.63. The quantitative estimate of drug-likeness (QED) is 0.842. The number of nitrogens with two attached hydrogens (primary N) is 1. The van der Waals surface area contributed by atoms with Crippen LogP contribution in [0.1, 0.15) is 32.8 Å². The summed E-state index contributed by atoms with van der Waals surface area (Å²) in [6.45, 7) is 5.47. The van der Waals surface area contributed by atoms with E-state index in [0.717, 1.165) is 17.6 Å². The predicted molar refractivity (Wildman–Crippen MR) is 73.6 cm³/mol. The van der Waals surface area contributed by atoms with Gasteiger partial charge in [-0.15, -0.1) is 0 Å². The van der Waals surface area contributed by atoms with Crippen LogP contribution in [-0.2, 0) is 4.74 Å². The first-order chi connectivity index (χ1) is 8.85. The molecular weight excluding hydrogens is 242 g/mol. The van der Waals surface area contributed by atoms with Crippen LogP contribution in [-0.4, -0.2) is 27.5 Å². The molecule has 0 spiro atoms. The number of aromatic nitrogens is 2. The van der Waals surface area contributed by atoms with E-state index in [1.165, 1.54) is 4.68 Å². The second kappa shape index (κ2) is 5.01. The van der Waals surface area contributed by atoms with Crippen molar-refractivity contribution in [3.8, 4) is 0 Å². The van der Waals surface area contributed by atoms with Gasteiger partial charge in [-0.05, 0) is 32.8 Å². The molecule has 0 fully saturated rings. The van der Waals surface area contributed by atoms with Gasteiger partial charge in [0.05, 0.1) is 6.20 Å². The fourth-order valence-electron chi connectivity index (χ4n) is 1.73. The normalized spacial score (nSPS) is 19.2. The van der Waals surface area contributed by atoms with Gasteiger partial charge in [-0.1, -0.05) is 18.2 Å². The van der Waals surface area contributed by atoms with Crippen LogP contribution in [0.5, 0.6) is 0 Å². The van der Waals surface area contributed by atoms with Crippen molar-refractivity contribution in [2.24, 2.45) is 5.73 Å². The summed E-state index contributed by atoms with van der Waals surface area (Å²) in [6, 6.07) is 0.0738. The van der Waals surface area contributed by atoms with Crippen molar-refractivity contribution in [1.29, 1.82) is 0 Å². The number of hydrogen-bond acceptors (Lipinski definition) is 4. The maximum Gasteiger partial charge on any atom is 0.435 e. The summed E-state index contributed by atoms with van der Waals surface area (Å²) in [5, 5.41) is 4.03. The molecule has 0 saturated carbocycles. The molecule has 1 aromatic rings. The van der Waals surface area contributed by atoms with Crippen molar-refractivity contribution in [3.05, 3.63) is 36.2 Å². The lowest BCUT2D eigenvalue weighted by Gasteiger charge is -2.18. The van der Waals surface area contributed by atoms with Crippen LogP contribution in [0.3, 0.4) is 0 Å². The van der Waals surface area contributed by atoms with Crippen LogP contribution in [0.4, 0.5) is 4.79 Å². The first-order valence-electron chi connectivity index (χ1n) is 6.27. The van der Waals surface area contributed by atoms with Crippen molar-refractivity contribution >= 4 is 11.7 Å². The van der Waals surface area contributed by atoms with Crippen LogP contribution >= 0.6 is 0 Å². The van der Waals surface area contributed by atoms with Crippen molar-refractivity contribution in [2.45, 2.75) is 38.8 Å². The third-order valence-corrected chi connectivity index (χ3v) is 2.63. The minimum Gasteiger partial charge on any atom is -0.442 e. The third kappa shape index (κ3) is 3.54. The molecular formula is C14H19N3O2. The SMILES string of the molecule is CC(C)(C)OC(=O)n1cc(C2=CCC(N)C=C2)cn1. The molecule has 0 aromatic carbocycles. The zero-order valence-electron chi connectivity index (χ0n) is 11.5. The summed E-state index contributed by atoms with van der Waals surface area (Å²) in [4.78, 5) is 11.8. The Hall–Kier alpha value is -1.88. The van der Waals surface area contributed by atoms with Crippen LogP contribution in [0.15, 0.2) is 30.6 Å². The van der Waals surface area contributed by atoms with Gasteiger partial charge in [0, 0.05) is 17.8 Å². The summed E-state index contributed by atoms with van der Waals surface area (Å²) < 4.78 is 6.46. The highest BCUT2D eigenvalue weighted by molar-refractivity contribution is 5.77. The molecule has 5 nitrogen and oxygen atoms in total. The minimum atomic E-state index is -0.528. The molecule has 0 aliphatic heterocycles. The van der Waals surface area contributed by atoms with Gasteiger partial charge in [0.25, 0.3) is 0 Å². The summed E-state index contributed by atoms with van der Waals surface area (Å²) in [7, 11) is 0. The van der Waals surface area contributed by atoms with Gasteiger partial charge in [-0.25, -0.2) is 4.79 Å². The van der Waals surface area contributed by atoms with Gasteiger partial charge in [0.15, 0.2) is 0 Å². The van der Waals surface area contributed by atoms with E-state index in [9.17, 15) is 4.79 Å². The second-order valence-corrected chi connectivity index (χ2v) is 5.57. The summed E-state index contributed by atoms with van der Waals surface area (Å²) >= 11 is 0. The maximum atomic E-state index is 11.8. The van der Waals surface area contributed by atoms with Gasteiger partial charge < -0.3 is 10.5 Å². The highest BCUT2D eigenvalue weighted by Gasteiger charge is 2.19. The highest BCUT2D eigenvalue weighted by Crippen LogP contribution is 2.20. The predicted octanol–water partition coefficient (Wildman–Crippen LogP) is 2.34. The Morgan fingerprint density at radius 2 is 2.26 bits per heavy atom. The van der Waals surface area contributed by atoms with Crippen LogP contribution in [0.25, 0.3) is 5.57 Å². The largest absolute Gasteiger partial charge is 0.442 e. The lowest BCUT2D eigenvalue weighted by molar-refractivity contribution is 0.0514. The summed E-state index contributed by atoms with van der Waals surface area (Å²) in [5.74, 6) is 0. The average molecular weight is 261 g/mol. The Bertz CT molecular complexity index is 535. The molecule has 1 aliphatic rings. The number of rotatable bonds is 1. The zero-order chi connectivity index (χ0) is 14.0. The summed E-state index contributed by atoms with van der Waals surface area (Å²) in [6.07, 6.45) is 9.57. The van der Waals surface area contributed by atoms with E-state index in [1.54, 1.807) is 12.4 Å². The van der Waals surface area contributed by atoms with Gasteiger partial charge in [-0.2, -0.15) is 9.78 Å². The van der Waals surface area contributed by atoms with Crippen molar-refractivity contribution < 1.29 is 9.53 Å². The monoisotopic (exact) mass is 261 g/mol. The van der Waals surface area contributed by atoms with Crippen molar-refractivity contribution in [2.75, 3.05) is 0 Å². The molecule has 0 radical (unpaired) electrons. The highest BCUT2D eigenvalue weighted by atomic mass is 16.6. The van der Waals surface area contributed by atoms with Gasteiger partial charge in [0.1, 0.15) is 5.60 Å². The standard InChI is InChI=1S/C14H19N3O2/c1-14(2,3)19-13(18)17-9-11(8-16-17)10-4-6-12(15)7-5-10/h4-6,8-9,12H,7,15H2,1-3H3. The van der Waals surface area contributed by atoms with E-state index in [-0.39, 0.29) is 6.04 Å². The number of hydrogen-bond donors (Lipinski definition) is 1. The lowest BCUT2D eigenvalue weighted by atomic mass is 10.00. The van der Waals surface area contributed by atoms with E-state index in [2.05, 4.69) is 5.10 Å². The molecule has 1 atom stereocenters. The van der Waals surface area contributed by atoms with E-state index < -0.39 is 11.7 Å². The smallest absolute Gasteiger partial charge is 0.435 e. The van der Waals surface area contributed by atoms with Crippen molar-refractivity contribution in [3.63, 3.8) is 0 Å². The van der Waals surface area contributed by atoms with Crippen LogP contribution in [0, 0.1) is 0 Å². The molecule has 5 heteroatoms. The number of carbonyl (C=O) groups excluding carboxylic acids is 1. The number of allylic oxidation sites excluding steroid dienone is 2. The van der Waals surface area contributed by atoms with Crippen LogP contribution in [0.2, 0.25) is 0 Å². The Morgan fingerprint density at radius 1 is 1.53 bits per heavy atom. The molecule has 2 rings (SSSR count). The molecule has 1 unspecified atom stereocenters. The van der Waals surface area contributed by atoms with Gasteiger partial charge >= 0.3 is 6.09 Å². The Labute approximate surface area is 112 Å². The Morgan fingerprint density at radius 3 is 2.84 bits per heavy atom. The topological polar surface area (TPSA) is 70.1 Å². The van der Waals surface area contributed by atoms with E-state index in [1.807, 2.05) is 39.0 Å². The Balaban J connectivity index is 2.12. The number of carbonyl (C=O) groups is 1. The fraction of sp³-hybridized carbons (Fsp3) is 0.429. The first kappa shape index (κ1) is 13.5. The van der Waals surface area contributed by atoms with Gasteiger partial charge in [-0.3, -0.25) is 0 Å². The second-order valence-electron chi connectivity index (χ2n) is 5.57. The van der Waals surface area contributed by atoms with E-state index in [0.29, 0.717) is 0 Å². The maximum absolute atomic E-state index is 11.8. The fourth-order valence-corrected chi connectivity index (χ4v) is 1.73. The van der Waals surface area contributed by atoms with Gasteiger partial charge in [0.2, 0.25) is 0 Å². The molecule has 1 aromatic heterocycles. The average Bonchev–Trinajstić information content (AvgIpc) is 2.77. The molecule has 1 heterocycles. The number of nitrogens with zero attached hydrogens (tertiary/aromatic N) is 2. The van der Waals surface area contributed by atoms with E-state index in [4.69, 9.17) is 10.5 Å². The Kier molecular flexibility index (Phi) is 3.57. The molecule has 0 saturated heterocycles. The lowest BCUT2D eigenvalue weighted by Crippen LogP contribution is -2.27. The van der Waals surface area contributed by atoms with Crippen molar-refractivity contribution in [1.82, 2.24) is 9.78 Å². The minimum absolute atomic E-state index is 0.0738. The zero-order valence-corrected chi connectivity index (χ0v) is 11.5.